The Morgan fingerprint density at radius 1 is 1.15 bits per heavy atom. The van der Waals surface area contributed by atoms with Crippen molar-refractivity contribution in [2.45, 2.75) is 39.4 Å². The van der Waals surface area contributed by atoms with Crippen LogP contribution >= 0.6 is 0 Å². The van der Waals surface area contributed by atoms with Gasteiger partial charge in [-0.15, -0.1) is 0 Å². The summed E-state index contributed by atoms with van der Waals surface area (Å²) < 4.78 is 10.2. The molecule has 184 valence electrons. The summed E-state index contributed by atoms with van der Waals surface area (Å²) in [6.07, 6.45) is -3.14. The fourth-order valence-corrected chi connectivity index (χ4v) is 2.68. The summed E-state index contributed by atoms with van der Waals surface area (Å²) in [4.78, 5) is 54.0. The Balaban J connectivity index is 1.86. The molecule has 0 aliphatic rings. The largest absolute Gasteiger partial charge is 0.459 e. The van der Waals surface area contributed by atoms with Gasteiger partial charge in [-0.25, -0.2) is 9.78 Å². The minimum Gasteiger partial charge on any atom is -0.459 e. The third kappa shape index (κ3) is 8.30. The lowest BCUT2D eigenvalue weighted by Gasteiger charge is -2.22. The van der Waals surface area contributed by atoms with Gasteiger partial charge in [-0.1, -0.05) is 13.8 Å². The predicted octanol–water partition coefficient (Wildman–Crippen LogP) is 1.19. The summed E-state index contributed by atoms with van der Waals surface area (Å²) in [5.41, 5.74) is 0.668. The highest BCUT2D eigenvalue weighted by Crippen LogP contribution is 2.13. The lowest BCUT2D eigenvalue weighted by Crippen LogP contribution is -2.36. The second-order valence-electron chi connectivity index (χ2n) is 7.70. The summed E-state index contributed by atoms with van der Waals surface area (Å²) >= 11 is 0. The van der Waals surface area contributed by atoms with E-state index in [1.807, 2.05) is 0 Å². The van der Waals surface area contributed by atoms with E-state index in [4.69, 9.17) is 14.6 Å². The van der Waals surface area contributed by atoms with Gasteiger partial charge in [0.25, 0.3) is 11.5 Å². The maximum absolute atomic E-state index is 12.3. The van der Waals surface area contributed by atoms with Gasteiger partial charge < -0.3 is 19.7 Å². The van der Waals surface area contributed by atoms with Crippen LogP contribution in [-0.4, -0.2) is 63.6 Å². The van der Waals surface area contributed by atoms with E-state index in [-0.39, 0.29) is 24.5 Å². The molecule has 5 N–H and O–H groups in total. The molecule has 0 aliphatic heterocycles. The SMILES string of the molecule is Cc1cc(=O)[nH]c(NC(=O)c2ccc(NC(=O)OCCC(OC(=O)C(C)C)C(O)CO)cc2)n1. The number of esters is 1. The Kier molecular flexibility index (Phi) is 9.71. The number of carbonyl (C=O) groups is 3. The van der Waals surface area contributed by atoms with Crippen LogP contribution < -0.4 is 16.2 Å². The summed E-state index contributed by atoms with van der Waals surface area (Å²) in [6.45, 7) is 4.09. The Labute approximate surface area is 195 Å². The number of aryl methyl sites for hydroxylation is 1. The number of aromatic nitrogens is 2. The third-order valence-corrected chi connectivity index (χ3v) is 4.49. The van der Waals surface area contributed by atoms with Crippen LogP contribution in [0.4, 0.5) is 16.4 Å². The quantitative estimate of drug-likeness (QED) is 0.315. The Hall–Kier alpha value is -3.77. The van der Waals surface area contributed by atoms with Crippen LogP contribution in [0, 0.1) is 12.8 Å². The number of aliphatic hydroxyl groups excluding tert-OH is 2. The van der Waals surface area contributed by atoms with Crippen LogP contribution in [0.1, 0.15) is 36.3 Å². The van der Waals surface area contributed by atoms with Crippen molar-refractivity contribution in [2.24, 2.45) is 5.92 Å². The standard InChI is InChI=1S/C22H28N4O8/c1-12(2)20(31)34-17(16(28)11-27)8-9-33-22(32)24-15-6-4-14(5-7-15)19(30)26-21-23-13(3)10-18(29)25-21/h4-7,10,12,16-17,27-28H,8-9,11H2,1-3H3,(H,24,32)(H2,23,25,26,29,30). The minimum absolute atomic E-state index is 0.0121. The zero-order valence-electron chi connectivity index (χ0n) is 19.0. The molecule has 0 radical (unpaired) electrons. The molecule has 0 saturated heterocycles. The monoisotopic (exact) mass is 476 g/mol. The fourth-order valence-electron chi connectivity index (χ4n) is 2.68. The molecular weight excluding hydrogens is 448 g/mol. The van der Waals surface area contributed by atoms with Gasteiger partial charge in [0.05, 0.1) is 19.1 Å². The van der Waals surface area contributed by atoms with Crippen molar-refractivity contribution < 1.29 is 34.1 Å². The average Bonchev–Trinajstić information content (AvgIpc) is 2.77. The molecule has 0 aliphatic carbocycles. The number of aliphatic hydroxyl groups is 2. The number of aromatic amines is 1. The van der Waals surface area contributed by atoms with E-state index < -0.39 is 48.3 Å². The molecule has 0 spiro atoms. The van der Waals surface area contributed by atoms with E-state index in [9.17, 15) is 24.3 Å². The Bertz CT molecular complexity index is 1050. The number of carbonyl (C=O) groups excluding carboxylic acids is 3. The number of anilines is 2. The van der Waals surface area contributed by atoms with Crippen molar-refractivity contribution in [3.8, 4) is 0 Å². The van der Waals surface area contributed by atoms with Crippen molar-refractivity contribution in [1.82, 2.24) is 9.97 Å². The van der Waals surface area contributed by atoms with Gasteiger partial charge in [-0.3, -0.25) is 30.0 Å². The second-order valence-corrected chi connectivity index (χ2v) is 7.70. The molecule has 2 atom stereocenters. The van der Waals surface area contributed by atoms with Gasteiger partial charge >= 0.3 is 12.1 Å². The van der Waals surface area contributed by atoms with Crippen LogP contribution in [0.2, 0.25) is 0 Å². The number of rotatable bonds is 10. The normalized spacial score (nSPS) is 12.5. The van der Waals surface area contributed by atoms with Crippen LogP contribution in [0.25, 0.3) is 0 Å². The molecule has 2 rings (SSSR count). The van der Waals surface area contributed by atoms with Crippen molar-refractivity contribution in [1.29, 1.82) is 0 Å². The first-order valence-electron chi connectivity index (χ1n) is 10.5. The lowest BCUT2D eigenvalue weighted by atomic mass is 10.1. The van der Waals surface area contributed by atoms with Gasteiger partial charge in [0.15, 0.2) is 0 Å². The molecule has 0 bridgehead atoms. The summed E-state index contributed by atoms with van der Waals surface area (Å²) in [5.74, 6) is -1.45. The van der Waals surface area contributed by atoms with E-state index in [2.05, 4.69) is 20.6 Å². The van der Waals surface area contributed by atoms with Crippen molar-refractivity contribution in [2.75, 3.05) is 23.8 Å². The molecule has 2 unspecified atom stereocenters. The van der Waals surface area contributed by atoms with Gasteiger partial charge in [0.2, 0.25) is 5.95 Å². The lowest BCUT2D eigenvalue weighted by molar-refractivity contribution is -0.161. The molecule has 0 fully saturated rings. The number of nitrogens with one attached hydrogen (secondary N) is 3. The molecule has 2 amide bonds. The van der Waals surface area contributed by atoms with Crippen LogP contribution in [0.15, 0.2) is 35.1 Å². The molecule has 1 heterocycles. The Morgan fingerprint density at radius 2 is 1.82 bits per heavy atom. The highest BCUT2D eigenvalue weighted by atomic mass is 16.6. The fraction of sp³-hybridized carbons (Fsp3) is 0.409. The topological polar surface area (TPSA) is 180 Å². The van der Waals surface area contributed by atoms with Crippen LogP contribution in [-0.2, 0) is 14.3 Å². The van der Waals surface area contributed by atoms with E-state index in [1.165, 1.54) is 30.3 Å². The molecule has 1 aromatic carbocycles. The first-order valence-corrected chi connectivity index (χ1v) is 10.5. The summed E-state index contributed by atoms with van der Waals surface area (Å²) in [5, 5.41) is 23.9. The highest BCUT2D eigenvalue weighted by molar-refractivity contribution is 6.03. The first kappa shape index (κ1) is 26.5. The van der Waals surface area contributed by atoms with E-state index >= 15 is 0 Å². The third-order valence-electron chi connectivity index (χ3n) is 4.49. The molecule has 12 heteroatoms. The van der Waals surface area contributed by atoms with Crippen molar-refractivity contribution in [3.05, 3.63) is 51.9 Å². The number of hydrogen-bond acceptors (Lipinski definition) is 9. The predicted molar refractivity (Wildman–Crippen MR) is 121 cm³/mol. The summed E-state index contributed by atoms with van der Waals surface area (Å²) in [6, 6.07) is 7.16. The van der Waals surface area contributed by atoms with E-state index in [0.29, 0.717) is 11.4 Å². The zero-order valence-corrected chi connectivity index (χ0v) is 19.0. The molecule has 34 heavy (non-hydrogen) atoms. The second kappa shape index (κ2) is 12.5. The molecule has 1 aromatic heterocycles. The summed E-state index contributed by atoms with van der Waals surface area (Å²) in [7, 11) is 0. The maximum atomic E-state index is 12.3. The number of H-pyrrole nitrogens is 1. The number of ether oxygens (including phenoxy) is 2. The van der Waals surface area contributed by atoms with Gasteiger partial charge in [-0.05, 0) is 31.2 Å². The molecule has 0 saturated carbocycles. The molecule has 12 nitrogen and oxygen atoms in total. The number of amides is 2. The van der Waals surface area contributed by atoms with Gasteiger partial charge in [-0.2, -0.15) is 0 Å². The van der Waals surface area contributed by atoms with Crippen molar-refractivity contribution >= 4 is 29.6 Å². The number of nitrogens with zero attached hydrogens (tertiary/aromatic N) is 1. The number of hydrogen-bond donors (Lipinski definition) is 5. The van der Waals surface area contributed by atoms with Gasteiger partial charge in [0, 0.05) is 29.4 Å². The first-order chi connectivity index (χ1) is 16.1. The zero-order chi connectivity index (χ0) is 25.3. The van der Waals surface area contributed by atoms with Crippen molar-refractivity contribution in [3.63, 3.8) is 0 Å². The molecule has 2 aromatic rings. The highest BCUT2D eigenvalue weighted by Gasteiger charge is 2.24. The minimum atomic E-state index is -1.30. The Morgan fingerprint density at radius 3 is 2.41 bits per heavy atom. The molecular formula is C22H28N4O8. The van der Waals surface area contributed by atoms with Gasteiger partial charge in [0.1, 0.15) is 12.2 Å². The average molecular weight is 476 g/mol. The van der Waals surface area contributed by atoms with Crippen LogP contribution in [0.5, 0.6) is 0 Å². The number of benzene rings is 1. The smallest absolute Gasteiger partial charge is 0.411 e. The van der Waals surface area contributed by atoms with E-state index in [1.54, 1.807) is 20.8 Å². The van der Waals surface area contributed by atoms with Crippen LogP contribution in [0.3, 0.4) is 0 Å². The van der Waals surface area contributed by atoms with E-state index in [0.717, 1.165) is 0 Å². The maximum Gasteiger partial charge on any atom is 0.411 e.